The van der Waals surface area contributed by atoms with Crippen molar-refractivity contribution in [1.29, 1.82) is 0 Å². The summed E-state index contributed by atoms with van der Waals surface area (Å²) in [5.41, 5.74) is 2.79. The van der Waals surface area contributed by atoms with E-state index >= 15 is 0 Å². The summed E-state index contributed by atoms with van der Waals surface area (Å²) in [5.74, 6) is 0.252. The summed E-state index contributed by atoms with van der Waals surface area (Å²) in [6.07, 6.45) is 6.48. The van der Waals surface area contributed by atoms with Crippen LogP contribution in [0.4, 0.5) is 0 Å². The maximum absolute atomic E-state index is 11.6. The van der Waals surface area contributed by atoms with Crippen molar-refractivity contribution < 1.29 is 4.79 Å². The molecule has 0 radical (unpaired) electrons. The molecule has 2 heteroatoms. The molecule has 0 bridgehead atoms. The summed E-state index contributed by atoms with van der Waals surface area (Å²) >= 11 is 0. The predicted octanol–water partition coefficient (Wildman–Crippen LogP) is 2.53. The summed E-state index contributed by atoms with van der Waals surface area (Å²) in [4.78, 5) is 15.8. The molecular weight excluding hydrogens is 174 g/mol. The maximum Gasteiger partial charge on any atom is 0.163 e. The second-order valence-corrected chi connectivity index (χ2v) is 3.62. The Hall–Kier alpha value is -1.44. The molecule has 2 rings (SSSR count). The molecule has 0 unspecified atom stereocenters. The summed E-state index contributed by atoms with van der Waals surface area (Å²) in [5, 5.41) is 0. The lowest BCUT2D eigenvalue weighted by Gasteiger charge is -2.11. The minimum atomic E-state index is 0.252. The zero-order valence-corrected chi connectivity index (χ0v) is 8.29. The van der Waals surface area contributed by atoms with Crippen LogP contribution in [0.15, 0.2) is 24.4 Å². The number of pyridine rings is 1. The van der Waals surface area contributed by atoms with Gasteiger partial charge < -0.3 is 0 Å². The number of allylic oxidation sites excluding steroid dienone is 2. The van der Waals surface area contributed by atoms with Crippen LogP contribution >= 0.6 is 0 Å². The first-order valence-electron chi connectivity index (χ1n) is 4.94. The number of Topliss-reactive ketones (excluding diaryl/α,β-unsaturated/α-hetero) is 1. The normalized spacial score (nSPS) is 16.6. The van der Waals surface area contributed by atoms with Gasteiger partial charge >= 0.3 is 0 Å². The molecule has 1 aromatic heterocycles. The lowest BCUT2D eigenvalue weighted by atomic mass is 9.93. The molecule has 0 aliphatic heterocycles. The van der Waals surface area contributed by atoms with Crippen LogP contribution in [0.3, 0.4) is 0 Å². The molecule has 0 spiro atoms. The third-order valence-electron chi connectivity index (χ3n) is 2.48. The molecular formula is C12H13NO. The number of aromatic nitrogens is 1. The van der Waals surface area contributed by atoms with Gasteiger partial charge in [-0.25, -0.2) is 0 Å². The SMILES string of the molecule is Cc1ccc(C2=CCCCC2=O)cn1. The monoisotopic (exact) mass is 187 g/mol. The number of rotatable bonds is 1. The van der Waals surface area contributed by atoms with Crippen LogP contribution in [0.1, 0.15) is 30.5 Å². The van der Waals surface area contributed by atoms with E-state index in [9.17, 15) is 4.79 Å². The highest BCUT2D eigenvalue weighted by Crippen LogP contribution is 2.23. The van der Waals surface area contributed by atoms with E-state index in [4.69, 9.17) is 0 Å². The van der Waals surface area contributed by atoms with Crippen molar-refractivity contribution in [2.24, 2.45) is 0 Å². The number of hydrogen-bond acceptors (Lipinski definition) is 2. The predicted molar refractivity (Wildman–Crippen MR) is 55.8 cm³/mol. The molecule has 0 N–H and O–H groups in total. The molecule has 0 atom stereocenters. The van der Waals surface area contributed by atoms with Gasteiger partial charge in [0.05, 0.1) is 0 Å². The van der Waals surface area contributed by atoms with Crippen molar-refractivity contribution in [3.8, 4) is 0 Å². The lowest BCUT2D eigenvalue weighted by Crippen LogP contribution is -2.06. The van der Waals surface area contributed by atoms with Crippen molar-refractivity contribution in [2.75, 3.05) is 0 Å². The Bertz CT molecular complexity index is 376. The van der Waals surface area contributed by atoms with Crippen molar-refractivity contribution in [3.05, 3.63) is 35.7 Å². The fourth-order valence-corrected chi connectivity index (χ4v) is 1.66. The van der Waals surface area contributed by atoms with Gasteiger partial charge in [-0.15, -0.1) is 0 Å². The molecule has 1 aromatic rings. The first kappa shape index (κ1) is 9.13. The van der Waals surface area contributed by atoms with Crippen LogP contribution in [-0.2, 0) is 4.79 Å². The fourth-order valence-electron chi connectivity index (χ4n) is 1.66. The van der Waals surface area contributed by atoms with Gasteiger partial charge in [0.1, 0.15) is 0 Å². The molecule has 1 aliphatic carbocycles. The fraction of sp³-hybridized carbons (Fsp3) is 0.333. The first-order valence-corrected chi connectivity index (χ1v) is 4.94. The summed E-state index contributed by atoms with van der Waals surface area (Å²) in [6, 6.07) is 3.91. The Morgan fingerprint density at radius 3 is 2.86 bits per heavy atom. The van der Waals surface area contributed by atoms with Crippen molar-refractivity contribution in [2.45, 2.75) is 26.2 Å². The molecule has 1 aliphatic rings. The zero-order valence-electron chi connectivity index (χ0n) is 8.29. The number of hydrogen-bond donors (Lipinski definition) is 0. The topological polar surface area (TPSA) is 30.0 Å². The minimum absolute atomic E-state index is 0.252. The second kappa shape index (κ2) is 3.74. The molecule has 1 heterocycles. The number of carbonyl (C=O) groups is 1. The Kier molecular flexibility index (Phi) is 2.44. The van der Waals surface area contributed by atoms with E-state index in [1.165, 1.54) is 0 Å². The van der Waals surface area contributed by atoms with Gasteiger partial charge in [-0.2, -0.15) is 0 Å². The minimum Gasteiger partial charge on any atom is -0.294 e. The standard InChI is InChI=1S/C12H13NO/c1-9-6-7-10(8-13-9)11-4-2-3-5-12(11)14/h4,6-8H,2-3,5H2,1H3. The van der Waals surface area contributed by atoms with E-state index in [1.807, 2.05) is 25.1 Å². The number of carbonyl (C=O) groups excluding carboxylic acids is 1. The van der Waals surface area contributed by atoms with E-state index in [0.717, 1.165) is 29.7 Å². The van der Waals surface area contributed by atoms with Gasteiger partial charge in [0.15, 0.2) is 5.78 Å². The van der Waals surface area contributed by atoms with Gasteiger partial charge in [-0.05, 0) is 25.8 Å². The average molecular weight is 187 g/mol. The van der Waals surface area contributed by atoms with Gasteiger partial charge in [-0.3, -0.25) is 9.78 Å². The lowest BCUT2D eigenvalue weighted by molar-refractivity contribution is -0.114. The first-order chi connectivity index (χ1) is 6.77. The third kappa shape index (κ3) is 1.74. The van der Waals surface area contributed by atoms with Crippen molar-refractivity contribution >= 4 is 11.4 Å². The van der Waals surface area contributed by atoms with Crippen LogP contribution in [-0.4, -0.2) is 10.8 Å². The average Bonchev–Trinajstić information content (AvgIpc) is 2.20. The third-order valence-corrected chi connectivity index (χ3v) is 2.48. The number of aryl methyl sites for hydroxylation is 1. The summed E-state index contributed by atoms with van der Waals surface area (Å²) in [6.45, 7) is 1.95. The van der Waals surface area contributed by atoms with E-state index in [-0.39, 0.29) is 5.78 Å². The molecule has 2 nitrogen and oxygen atoms in total. The molecule has 0 saturated carbocycles. The summed E-state index contributed by atoms with van der Waals surface area (Å²) < 4.78 is 0. The van der Waals surface area contributed by atoms with Crippen LogP contribution in [0.25, 0.3) is 5.57 Å². The summed E-state index contributed by atoms with van der Waals surface area (Å²) in [7, 11) is 0. The smallest absolute Gasteiger partial charge is 0.163 e. The van der Waals surface area contributed by atoms with Gasteiger partial charge in [-0.1, -0.05) is 12.1 Å². The van der Waals surface area contributed by atoms with E-state index in [1.54, 1.807) is 6.20 Å². The maximum atomic E-state index is 11.6. The van der Waals surface area contributed by atoms with Gasteiger partial charge in [0.2, 0.25) is 0 Å². The number of nitrogens with zero attached hydrogens (tertiary/aromatic N) is 1. The zero-order chi connectivity index (χ0) is 9.97. The molecule has 0 amide bonds. The largest absolute Gasteiger partial charge is 0.294 e. The molecule has 14 heavy (non-hydrogen) atoms. The van der Waals surface area contributed by atoms with Crippen molar-refractivity contribution in [1.82, 2.24) is 4.98 Å². The molecule has 0 fully saturated rings. The Morgan fingerprint density at radius 2 is 2.21 bits per heavy atom. The highest BCUT2D eigenvalue weighted by molar-refractivity contribution is 6.21. The van der Waals surface area contributed by atoms with Gasteiger partial charge in [0, 0.05) is 29.4 Å². The quantitative estimate of drug-likeness (QED) is 0.676. The van der Waals surface area contributed by atoms with Crippen molar-refractivity contribution in [3.63, 3.8) is 0 Å². The van der Waals surface area contributed by atoms with Crippen LogP contribution < -0.4 is 0 Å². The molecule has 0 aromatic carbocycles. The van der Waals surface area contributed by atoms with Crippen LogP contribution in [0, 0.1) is 6.92 Å². The van der Waals surface area contributed by atoms with E-state index in [2.05, 4.69) is 4.98 Å². The van der Waals surface area contributed by atoms with E-state index in [0.29, 0.717) is 6.42 Å². The highest BCUT2D eigenvalue weighted by atomic mass is 16.1. The van der Waals surface area contributed by atoms with Crippen LogP contribution in [0.5, 0.6) is 0 Å². The Morgan fingerprint density at radius 1 is 1.36 bits per heavy atom. The van der Waals surface area contributed by atoms with Gasteiger partial charge in [0.25, 0.3) is 0 Å². The number of ketones is 1. The Balaban J connectivity index is 2.34. The van der Waals surface area contributed by atoms with Crippen LogP contribution in [0.2, 0.25) is 0 Å². The highest BCUT2D eigenvalue weighted by Gasteiger charge is 2.14. The Labute approximate surface area is 83.7 Å². The molecule has 0 saturated heterocycles. The van der Waals surface area contributed by atoms with E-state index < -0.39 is 0 Å². The molecule has 72 valence electrons. The second-order valence-electron chi connectivity index (χ2n) is 3.62.